The predicted molar refractivity (Wildman–Crippen MR) is 137 cm³/mol. The van der Waals surface area contributed by atoms with Crippen molar-refractivity contribution in [2.75, 3.05) is 13.1 Å². The van der Waals surface area contributed by atoms with Gasteiger partial charge in [-0.25, -0.2) is 9.97 Å². The van der Waals surface area contributed by atoms with Crippen LogP contribution in [0.3, 0.4) is 0 Å². The predicted octanol–water partition coefficient (Wildman–Crippen LogP) is 6.26. The number of benzene rings is 3. The lowest BCUT2D eigenvalue weighted by molar-refractivity contribution is 0.0726. The van der Waals surface area contributed by atoms with E-state index in [2.05, 4.69) is 9.97 Å². The van der Waals surface area contributed by atoms with Crippen molar-refractivity contribution in [3.05, 3.63) is 90.6 Å². The number of amides is 1. The Kier molecular flexibility index (Phi) is 5.54. The van der Waals surface area contributed by atoms with E-state index in [9.17, 15) is 4.79 Å². The molecule has 6 heteroatoms. The second-order valence-electron chi connectivity index (χ2n) is 8.75. The Morgan fingerprint density at radius 3 is 2.29 bits per heavy atom. The third-order valence-electron chi connectivity index (χ3n) is 6.39. The van der Waals surface area contributed by atoms with Gasteiger partial charge in [-0.05, 0) is 61.7 Å². The van der Waals surface area contributed by atoms with Gasteiger partial charge in [0.2, 0.25) is 5.88 Å². The van der Waals surface area contributed by atoms with Crippen molar-refractivity contribution >= 4 is 27.8 Å². The number of aromatic nitrogens is 3. The zero-order chi connectivity index (χ0) is 23.6. The molecule has 0 spiro atoms. The van der Waals surface area contributed by atoms with Crippen LogP contribution in [0.4, 0.5) is 0 Å². The maximum absolute atomic E-state index is 13.3. The Bertz CT molecular complexity index is 1530. The van der Waals surface area contributed by atoms with Crippen molar-refractivity contribution in [1.82, 2.24) is 19.9 Å². The summed E-state index contributed by atoms with van der Waals surface area (Å²) in [5, 5.41) is 0.848. The van der Waals surface area contributed by atoms with E-state index in [1.54, 1.807) is 12.3 Å². The van der Waals surface area contributed by atoms with Crippen molar-refractivity contribution in [3.63, 3.8) is 0 Å². The second kappa shape index (κ2) is 9.14. The molecule has 1 aliphatic rings. The maximum Gasteiger partial charge on any atom is 0.254 e. The molecule has 0 unspecified atom stereocenters. The van der Waals surface area contributed by atoms with Gasteiger partial charge < -0.3 is 9.64 Å². The molecule has 0 atom stereocenters. The van der Waals surface area contributed by atoms with Gasteiger partial charge >= 0.3 is 0 Å². The van der Waals surface area contributed by atoms with E-state index < -0.39 is 0 Å². The maximum atomic E-state index is 13.3. The molecule has 3 heterocycles. The Morgan fingerprint density at radius 1 is 0.771 bits per heavy atom. The van der Waals surface area contributed by atoms with E-state index in [1.807, 2.05) is 77.7 Å². The van der Waals surface area contributed by atoms with Crippen LogP contribution >= 0.6 is 0 Å². The number of fused-ring (bicyclic) bond motifs is 2. The number of likely N-dealkylation sites (tertiary alicyclic amines) is 1. The summed E-state index contributed by atoms with van der Waals surface area (Å²) in [6, 6.07) is 25.0. The standard InChI is InChI=1S/C29H24N4O2/c34-29(33-16-6-1-7-17-33)23-18-28(32-24-9-3-2-8-22(23)24)35-21-14-12-20(13-15-21)27-19-30-25-10-4-5-11-26(25)31-27/h2-5,8-15,18-19H,1,6-7,16-17H2. The third-order valence-corrected chi connectivity index (χ3v) is 6.39. The number of carbonyl (C=O) groups excluding carboxylic acids is 1. The normalized spacial score (nSPS) is 13.8. The molecule has 6 nitrogen and oxygen atoms in total. The Morgan fingerprint density at radius 2 is 1.49 bits per heavy atom. The number of piperidine rings is 1. The van der Waals surface area contributed by atoms with Gasteiger partial charge in [0.25, 0.3) is 5.91 Å². The average molecular weight is 461 g/mol. The van der Waals surface area contributed by atoms with Crippen LogP contribution in [0.25, 0.3) is 33.2 Å². The van der Waals surface area contributed by atoms with E-state index in [1.165, 1.54) is 6.42 Å². The second-order valence-corrected chi connectivity index (χ2v) is 8.75. The summed E-state index contributed by atoms with van der Waals surface area (Å²) < 4.78 is 6.11. The van der Waals surface area contributed by atoms with Crippen LogP contribution in [0.1, 0.15) is 29.6 Å². The fourth-order valence-corrected chi connectivity index (χ4v) is 4.56. The number of para-hydroxylation sites is 3. The summed E-state index contributed by atoms with van der Waals surface area (Å²) in [5.41, 5.74) is 4.85. The lowest BCUT2D eigenvalue weighted by atomic mass is 10.1. The number of pyridine rings is 1. The molecular weight excluding hydrogens is 436 g/mol. The monoisotopic (exact) mass is 460 g/mol. The molecule has 3 aromatic carbocycles. The molecule has 0 saturated carbocycles. The molecule has 2 aromatic heterocycles. The summed E-state index contributed by atoms with van der Waals surface area (Å²) in [4.78, 5) is 29.2. The molecule has 1 fully saturated rings. The van der Waals surface area contributed by atoms with Gasteiger partial charge in [0.1, 0.15) is 5.75 Å². The van der Waals surface area contributed by atoms with Gasteiger partial charge in [-0.3, -0.25) is 9.78 Å². The minimum Gasteiger partial charge on any atom is -0.439 e. The highest BCUT2D eigenvalue weighted by Gasteiger charge is 2.21. The van der Waals surface area contributed by atoms with Gasteiger partial charge in [-0.15, -0.1) is 0 Å². The van der Waals surface area contributed by atoms with Gasteiger partial charge in [0.05, 0.1) is 34.0 Å². The molecule has 0 aliphatic carbocycles. The lowest BCUT2D eigenvalue weighted by Crippen LogP contribution is -2.35. The minimum atomic E-state index is 0.0402. The molecule has 35 heavy (non-hydrogen) atoms. The first-order valence-electron chi connectivity index (χ1n) is 11.9. The first-order chi connectivity index (χ1) is 17.2. The zero-order valence-corrected chi connectivity index (χ0v) is 19.2. The smallest absolute Gasteiger partial charge is 0.254 e. The summed E-state index contributed by atoms with van der Waals surface area (Å²) in [6.45, 7) is 1.59. The highest BCUT2D eigenvalue weighted by Crippen LogP contribution is 2.29. The summed E-state index contributed by atoms with van der Waals surface area (Å²) in [5.74, 6) is 1.09. The van der Waals surface area contributed by atoms with E-state index in [-0.39, 0.29) is 5.91 Å². The number of hydrogen-bond donors (Lipinski definition) is 0. The summed E-state index contributed by atoms with van der Waals surface area (Å²) in [6.07, 6.45) is 5.05. The number of carbonyl (C=O) groups is 1. The van der Waals surface area contributed by atoms with Crippen molar-refractivity contribution < 1.29 is 9.53 Å². The molecule has 5 aromatic rings. The van der Waals surface area contributed by atoms with Gasteiger partial charge in [-0.2, -0.15) is 0 Å². The zero-order valence-electron chi connectivity index (χ0n) is 19.2. The molecular formula is C29H24N4O2. The number of ether oxygens (including phenoxy) is 1. The molecule has 0 radical (unpaired) electrons. The number of rotatable bonds is 4. The first-order valence-corrected chi connectivity index (χ1v) is 11.9. The van der Waals surface area contributed by atoms with E-state index >= 15 is 0 Å². The topological polar surface area (TPSA) is 68.2 Å². The molecule has 1 amide bonds. The highest BCUT2D eigenvalue weighted by atomic mass is 16.5. The van der Waals surface area contributed by atoms with Crippen LogP contribution in [0.5, 0.6) is 11.6 Å². The first kappa shape index (κ1) is 21.2. The van der Waals surface area contributed by atoms with Crippen LogP contribution < -0.4 is 4.74 Å². The van der Waals surface area contributed by atoms with Gasteiger partial charge in [-0.1, -0.05) is 30.3 Å². The van der Waals surface area contributed by atoms with Crippen molar-refractivity contribution in [3.8, 4) is 22.9 Å². The third kappa shape index (κ3) is 4.30. The Hall–Kier alpha value is -4.32. The van der Waals surface area contributed by atoms with Gasteiger partial charge in [0, 0.05) is 30.1 Å². The Labute approximate surface area is 203 Å². The molecule has 0 N–H and O–H groups in total. The van der Waals surface area contributed by atoms with E-state index in [0.717, 1.165) is 59.1 Å². The van der Waals surface area contributed by atoms with Gasteiger partial charge in [0.15, 0.2) is 0 Å². The SMILES string of the molecule is O=C(c1cc(Oc2ccc(-c3cnc4ccccc4n3)cc2)nc2ccccc12)N1CCCCC1. The van der Waals surface area contributed by atoms with Crippen LogP contribution in [-0.2, 0) is 0 Å². The van der Waals surface area contributed by atoms with Crippen molar-refractivity contribution in [1.29, 1.82) is 0 Å². The molecule has 0 bridgehead atoms. The molecule has 6 rings (SSSR count). The summed E-state index contributed by atoms with van der Waals surface area (Å²) >= 11 is 0. The van der Waals surface area contributed by atoms with Crippen molar-refractivity contribution in [2.45, 2.75) is 19.3 Å². The van der Waals surface area contributed by atoms with Crippen LogP contribution in [0.2, 0.25) is 0 Å². The lowest BCUT2D eigenvalue weighted by Gasteiger charge is -2.27. The van der Waals surface area contributed by atoms with Crippen LogP contribution in [0.15, 0.2) is 85.1 Å². The Balaban J connectivity index is 1.29. The van der Waals surface area contributed by atoms with Crippen molar-refractivity contribution in [2.24, 2.45) is 0 Å². The van der Waals surface area contributed by atoms with Crippen LogP contribution in [0, 0.1) is 0 Å². The number of hydrogen-bond acceptors (Lipinski definition) is 5. The minimum absolute atomic E-state index is 0.0402. The van der Waals surface area contributed by atoms with E-state index in [0.29, 0.717) is 17.2 Å². The average Bonchev–Trinajstić information content (AvgIpc) is 2.93. The largest absolute Gasteiger partial charge is 0.439 e. The highest BCUT2D eigenvalue weighted by molar-refractivity contribution is 6.06. The fourth-order valence-electron chi connectivity index (χ4n) is 4.56. The fraction of sp³-hybridized carbons (Fsp3) is 0.172. The summed E-state index contributed by atoms with van der Waals surface area (Å²) in [7, 11) is 0. The quantitative estimate of drug-likeness (QED) is 0.316. The number of nitrogens with zero attached hydrogens (tertiary/aromatic N) is 4. The molecule has 172 valence electrons. The molecule has 1 aliphatic heterocycles. The van der Waals surface area contributed by atoms with E-state index in [4.69, 9.17) is 9.72 Å². The molecule has 1 saturated heterocycles. The van der Waals surface area contributed by atoms with Crippen LogP contribution in [-0.4, -0.2) is 38.8 Å².